The lowest BCUT2D eigenvalue weighted by Crippen LogP contribution is -2.34. The van der Waals surface area contributed by atoms with Crippen molar-refractivity contribution in [1.82, 2.24) is 0 Å². The van der Waals surface area contributed by atoms with Crippen molar-refractivity contribution in [2.24, 2.45) is 0 Å². The van der Waals surface area contributed by atoms with Crippen LogP contribution in [0.15, 0.2) is 42.5 Å². The molecule has 0 unspecified atom stereocenters. The third-order valence-electron chi connectivity index (χ3n) is 4.03. The van der Waals surface area contributed by atoms with Crippen LogP contribution in [0.5, 0.6) is 0 Å². The van der Waals surface area contributed by atoms with Crippen LogP contribution in [0.1, 0.15) is 29.9 Å². The van der Waals surface area contributed by atoms with Gasteiger partial charge in [0, 0.05) is 20.3 Å². The molecule has 1 aliphatic carbocycles. The van der Waals surface area contributed by atoms with E-state index < -0.39 is 0 Å². The van der Waals surface area contributed by atoms with E-state index in [1.807, 2.05) is 12.1 Å². The van der Waals surface area contributed by atoms with E-state index in [0.29, 0.717) is 12.0 Å². The normalized spacial score (nSPS) is 21.4. The van der Waals surface area contributed by atoms with Crippen molar-refractivity contribution in [2.75, 3.05) is 5.32 Å². The predicted molar refractivity (Wildman–Crippen MR) is 94.7 cm³/mol. The SMILES string of the molecule is Cc1ccc(NC2CC(c3ccccc3Cl)C2)cc1I. The van der Waals surface area contributed by atoms with Gasteiger partial charge in [0.1, 0.15) is 0 Å². The Morgan fingerprint density at radius 2 is 1.90 bits per heavy atom. The summed E-state index contributed by atoms with van der Waals surface area (Å²) < 4.78 is 1.31. The van der Waals surface area contributed by atoms with Gasteiger partial charge in [-0.05, 0) is 77.6 Å². The molecule has 0 bridgehead atoms. The summed E-state index contributed by atoms with van der Waals surface area (Å²) in [5.41, 5.74) is 3.85. The van der Waals surface area contributed by atoms with E-state index in [1.165, 1.54) is 20.4 Å². The third-order valence-corrected chi connectivity index (χ3v) is 5.53. The first-order chi connectivity index (χ1) is 9.63. The summed E-state index contributed by atoms with van der Waals surface area (Å²) >= 11 is 8.64. The number of nitrogens with one attached hydrogen (secondary N) is 1. The van der Waals surface area contributed by atoms with Gasteiger partial charge in [-0.25, -0.2) is 0 Å². The van der Waals surface area contributed by atoms with Crippen molar-refractivity contribution in [2.45, 2.75) is 31.7 Å². The van der Waals surface area contributed by atoms with Crippen molar-refractivity contribution in [1.29, 1.82) is 0 Å². The Bertz CT molecular complexity index is 620. The smallest absolute Gasteiger partial charge is 0.0440 e. The Kier molecular flexibility index (Phi) is 4.22. The number of rotatable bonds is 3. The first kappa shape index (κ1) is 14.2. The molecule has 0 spiro atoms. The van der Waals surface area contributed by atoms with Gasteiger partial charge in [-0.1, -0.05) is 35.9 Å². The second-order valence-corrected chi connectivity index (χ2v) is 7.06. The van der Waals surface area contributed by atoms with E-state index in [-0.39, 0.29) is 0 Å². The molecule has 0 radical (unpaired) electrons. The lowest BCUT2D eigenvalue weighted by molar-refractivity contribution is 0.374. The molecule has 3 heteroatoms. The summed E-state index contributed by atoms with van der Waals surface area (Å²) in [6, 6.07) is 15.3. The molecule has 104 valence electrons. The zero-order valence-electron chi connectivity index (χ0n) is 11.4. The fourth-order valence-electron chi connectivity index (χ4n) is 2.71. The van der Waals surface area contributed by atoms with Crippen molar-refractivity contribution < 1.29 is 0 Å². The Balaban J connectivity index is 1.61. The van der Waals surface area contributed by atoms with Crippen LogP contribution in [0.3, 0.4) is 0 Å². The molecule has 1 N–H and O–H groups in total. The first-order valence-electron chi connectivity index (χ1n) is 6.90. The molecule has 3 rings (SSSR count). The maximum atomic E-state index is 6.26. The van der Waals surface area contributed by atoms with Gasteiger partial charge < -0.3 is 5.32 Å². The second kappa shape index (κ2) is 5.94. The van der Waals surface area contributed by atoms with Crippen LogP contribution in [-0.4, -0.2) is 6.04 Å². The molecule has 0 heterocycles. The van der Waals surface area contributed by atoms with Crippen LogP contribution in [0.2, 0.25) is 5.02 Å². The molecule has 0 amide bonds. The highest BCUT2D eigenvalue weighted by atomic mass is 127. The van der Waals surface area contributed by atoms with Crippen LogP contribution in [-0.2, 0) is 0 Å². The summed E-state index contributed by atoms with van der Waals surface area (Å²) in [6.07, 6.45) is 2.32. The molecule has 1 nitrogen and oxygen atoms in total. The summed E-state index contributed by atoms with van der Waals surface area (Å²) in [5, 5.41) is 4.52. The van der Waals surface area contributed by atoms with Crippen LogP contribution >= 0.6 is 34.2 Å². The number of benzene rings is 2. The Morgan fingerprint density at radius 3 is 2.60 bits per heavy atom. The summed E-state index contributed by atoms with van der Waals surface area (Å²) in [5.74, 6) is 0.603. The monoisotopic (exact) mass is 397 g/mol. The van der Waals surface area contributed by atoms with Gasteiger partial charge >= 0.3 is 0 Å². The minimum Gasteiger partial charge on any atom is -0.382 e. The summed E-state index contributed by atoms with van der Waals surface area (Å²) in [4.78, 5) is 0. The maximum absolute atomic E-state index is 6.26. The molecule has 20 heavy (non-hydrogen) atoms. The standard InChI is InChI=1S/C17H17ClIN/c1-11-6-7-13(10-17(11)19)20-14-8-12(9-14)15-4-2-3-5-16(15)18/h2-7,10,12,14,20H,8-9H2,1H3. The molecule has 0 saturated heterocycles. The molecular formula is C17H17ClIN. The van der Waals surface area contributed by atoms with Gasteiger partial charge in [0.25, 0.3) is 0 Å². The molecule has 1 saturated carbocycles. The largest absolute Gasteiger partial charge is 0.382 e. The molecule has 0 aromatic heterocycles. The quantitative estimate of drug-likeness (QED) is 0.664. The minimum atomic E-state index is 0.565. The lowest BCUT2D eigenvalue weighted by atomic mass is 9.76. The fourth-order valence-corrected chi connectivity index (χ4v) is 3.52. The predicted octanol–water partition coefficient (Wildman–Crippen LogP) is 5.61. The van der Waals surface area contributed by atoms with Crippen LogP contribution in [0.4, 0.5) is 5.69 Å². The highest BCUT2D eigenvalue weighted by molar-refractivity contribution is 14.1. The number of hydrogen-bond donors (Lipinski definition) is 1. The summed E-state index contributed by atoms with van der Waals surface area (Å²) in [6.45, 7) is 2.14. The highest BCUT2D eigenvalue weighted by Gasteiger charge is 2.31. The van der Waals surface area contributed by atoms with Crippen molar-refractivity contribution in [3.63, 3.8) is 0 Å². The molecule has 2 aromatic rings. The average molecular weight is 398 g/mol. The van der Waals surface area contributed by atoms with Crippen molar-refractivity contribution in [3.05, 3.63) is 62.2 Å². The number of aryl methyl sites for hydroxylation is 1. The third kappa shape index (κ3) is 2.96. The molecule has 0 atom stereocenters. The van der Waals surface area contributed by atoms with Gasteiger partial charge in [-0.2, -0.15) is 0 Å². The molecule has 1 fully saturated rings. The zero-order valence-corrected chi connectivity index (χ0v) is 14.3. The van der Waals surface area contributed by atoms with E-state index in [9.17, 15) is 0 Å². The Hall–Kier alpha value is -0.740. The average Bonchev–Trinajstić information content (AvgIpc) is 2.39. The number of hydrogen-bond acceptors (Lipinski definition) is 1. The molecule has 0 aliphatic heterocycles. The first-order valence-corrected chi connectivity index (χ1v) is 8.36. The lowest BCUT2D eigenvalue weighted by Gasteiger charge is -2.37. The number of anilines is 1. The van der Waals surface area contributed by atoms with Gasteiger partial charge in [0.05, 0.1) is 0 Å². The van der Waals surface area contributed by atoms with E-state index in [2.05, 4.69) is 65.2 Å². The fraction of sp³-hybridized carbons (Fsp3) is 0.294. The topological polar surface area (TPSA) is 12.0 Å². The van der Waals surface area contributed by atoms with E-state index in [0.717, 1.165) is 17.9 Å². The van der Waals surface area contributed by atoms with Crippen molar-refractivity contribution in [3.8, 4) is 0 Å². The van der Waals surface area contributed by atoms with Crippen LogP contribution < -0.4 is 5.32 Å². The summed E-state index contributed by atoms with van der Waals surface area (Å²) in [7, 11) is 0. The second-order valence-electron chi connectivity index (χ2n) is 5.50. The minimum absolute atomic E-state index is 0.565. The Morgan fingerprint density at radius 1 is 1.15 bits per heavy atom. The van der Waals surface area contributed by atoms with Gasteiger partial charge in [-0.15, -0.1) is 0 Å². The molecular weight excluding hydrogens is 381 g/mol. The van der Waals surface area contributed by atoms with E-state index >= 15 is 0 Å². The van der Waals surface area contributed by atoms with Crippen LogP contribution in [0, 0.1) is 10.5 Å². The van der Waals surface area contributed by atoms with Gasteiger partial charge in [0.15, 0.2) is 0 Å². The van der Waals surface area contributed by atoms with Crippen LogP contribution in [0.25, 0.3) is 0 Å². The Labute approximate surface area is 138 Å². The number of halogens is 2. The van der Waals surface area contributed by atoms with Crippen molar-refractivity contribution >= 4 is 39.9 Å². The van der Waals surface area contributed by atoms with Gasteiger partial charge in [0.2, 0.25) is 0 Å². The molecule has 2 aromatic carbocycles. The maximum Gasteiger partial charge on any atom is 0.0440 e. The molecule has 1 aliphatic rings. The van der Waals surface area contributed by atoms with Gasteiger partial charge in [-0.3, -0.25) is 0 Å². The zero-order chi connectivity index (χ0) is 14.1. The van der Waals surface area contributed by atoms with E-state index in [4.69, 9.17) is 11.6 Å². The van der Waals surface area contributed by atoms with E-state index in [1.54, 1.807) is 0 Å². The highest BCUT2D eigenvalue weighted by Crippen LogP contribution is 2.41.